The molecule has 0 aliphatic rings. The van der Waals surface area contributed by atoms with Crippen molar-refractivity contribution < 1.29 is 34.3 Å². The van der Waals surface area contributed by atoms with Crippen LogP contribution < -0.4 is 29.7 Å². The molecule has 0 amide bonds. The fourth-order valence-corrected chi connectivity index (χ4v) is 21.3. The van der Waals surface area contributed by atoms with Gasteiger partial charge in [-0.15, -0.1) is 0 Å². The zero-order valence-electron chi connectivity index (χ0n) is 50.0. The molecule has 0 radical (unpaired) electrons. The number of anilines is 3. The monoisotopic (exact) mass is 1110 g/mol. The molecule has 0 N–H and O–H groups in total. The summed E-state index contributed by atoms with van der Waals surface area (Å²) in [6, 6.07) is 28.9. The summed E-state index contributed by atoms with van der Waals surface area (Å²) in [6.45, 7) is 17.2. The topological polar surface area (TPSA) is 21.7 Å². The summed E-state index contributed by atoms with van der Waals surface area (Å²) in [7, 11) is -1.67. The van der Waals surface area contributed by atoms with Gasteiger partial charge in [0, 0.05) is 44.8 Å². The highest BCUT2D eigenvalue weighted by molar-refractivity contribution is 7.76. The zero-order valence-corrected chi connectivity index (χ0v) is 53.3. The van der Waals surface area contributed by atoms with E-state index in [1.165, 1.54) is 234 Å². The summed E-state index contributed by atoms with van der Waals surface area (Å²) in [4.78, 5) is 2.37. The molecule has 0 atom stereocenters. The SMILES string of the molecule is CCCCCC[P+](CCCCCC)(CCCCCC)CCCCCCOCc1ccc(N(c2ccccc2)c2ccc(COCCCCCC[P+](CCCCCC)(CCCCCC)CCCCCC)cc2)cc1.[Cl-].[Cl-]. The van der Waals surface area contributed by atoms with E-state index in [0.717, 1.165) is 13.2 Å². The molecule has 3 aromatic carbocycles. The fourth-order valence-electron chi connectivity index (χ4n) is 11.5. The van der Waals surface area contributed by atoms with E-state index in [-0.39, 0.29) is 24.8 Å². The Labute approximate surface area is 480 Å². The highest BCUT2D eigenvalue weighted by atomic mass is 35.5. The van der Waals surface area contributed by atoms with Gasteiger partial charge < -0.3 is 39.2 Å². The third-order valence-corrected chi connectivity index (χ3v) is 26.3. The van der Waals surface area contributed by atoms with Crippen LogP contribution in [0.1, 0.15) is 258 Å². The van der Waals surface area contributed by atoms with E-state index >= 15 is 0 Å². The Morgan fingerprint density at radius 2 is 0.520 bits per heavy atom. The van der Waals surface area contributed by atoms with Crippen LogP contribution in [0.4, 0.5) is 17.1 Å². The first-order valence-corrected chi connectivity index (χ1v) is 36.9. The predicted octanol–water partition coefficient (Wildman–Crippen LogP) is 16.8. The molecular weight excluding hydrogens is 996 g/mol. The van der Waals surface area contributed by atoms with Gasteiger partial charge in [0.1, 0.15) is 0 Å². The first-order chi connectivity index (χ1) is 36.0. The van der Waals surface area contributed by atoms with E-state index in [9.17, 15) is 0 Å². The minimum atomic E-state index is -0.834. The minimum Gasteiger partial charge on any atom is -1.00 e. The van der Waals surface area contributed by atoms with Crippen molar-refractivity contribution in [2.75, 3.05) is 67.4 Å². The van der Waals surface area contributed by atoms with Crippen LogP contribution in [-0.4, -0.2) is 62.5 Å². The quantitative estimate of drug-likeness (QED) is 0.0415. The summed E-state index contributed by atoms with van der Waals surface area (Å²) < 4.78 is 12.6. The standard InChI is InChI=1S/C68H119NO2P2.2ClH/c1-7-13-19-34-54-72(55-35-20-14-8-2,56-36-21-15-9-3)60-40-27-25-32-52-70-62-64-44-48-67(49-45-64)69(66-42-30-29-31-43-66)68-50-46-65(47-51-68)63-71-53-33-26-28-41-61-73(57-37-22-16-10-4,58-38-23-17-11-5)59-39-24-18-12-6;;/h29-31,42-51H,7-28,32-41,52-63H2,1-6H3;2*1H/q+2;;/p-2. The minimum absolute atomic E-state index is 0. The fraction of sp³-hybridized carbons (Fsp3) is 0.735. The van der Waals surface area contributed by atoms with Gasteiger partial charge in [0.25, 0.3) is 0 Å². The number of halogens is 2. The van der Waals surface area contributed by atoms with E-state index in [4.69, 9.17) is 9.47 Å². The maximum Gasteiger partial charge on any atom is 0.0716 e. The number of hydrogen-bond donors (Lipinski definition) is 0. The zero-order chi connectivity index (χ0) is 52.2. The normalized spacial score (nSPS) is 11.7. The Bertz CT molecular complexity index is 1490. The van der Waals surface area contributed by atoms with E-state index < -0.39 is 14.5 Å². The smallest absolute Gasteiger partial charge is 0.0716 e. The molecule has 7 heteroatoms. The molecule has 3 rings (SSSR count). The lowest BCUT2D eigenvalue weighted by molar-refractivity contribution is -0.001000. The highest BCUT2D eigenvalue weighted by Crippen LogP contribution is 2.62. The summed E-state index contributed by atoms with van der Waals surface area (Å²) in [5, 5.41) is 0. The number of nitrogens with zero attached hydrogens (tertiary/aromatic N) is 1. The van der Waals surface area contributed by atoms with Crippen LogP contribution in [0.3, 0.4) is 0 Å². The van der Waals surface area contributed by atoms with E-state index in [2.05, 4.69) is 125 Å². The van der Waals surface area contributed by atoms with Gasteiger partial charge in [0.05, 0.1) is 62.5 Å². The molecule has 0 saturated heterocycles. The third kappa shape index (κ3) is 33.2. The Morgan fingerprint density at radius 1 is 0.280 bits per heavy atom. The molecular formula is C68H119Cl2NO2P2. The van der Waals surface area contributed by atoms with Crippen molar-refractivity contribution in [2.45, 2.75) is 260 Å². The molecule has 3 nitrogen and oxygen atoms in total. The van der Waals surface area contributed by atoms with Gasteiger partial charge >= 0.3 is 0 Å². The Morgan fingerprint density at radius 3 is 0.787 bits per heavy atom. The molecule has 3 aromatic rings. The molecule has 0 bridgehead atoms. The molecule has 0 aliphatic heterocycles. The van der Waals surface area contributed by atoms with Crippen LogP contribution in [-0.2, 0) is 22.7 Å². The number of benzene rings is 3. The average Bonchev–Trinajstić information content (AvgIpc) is 3.42. The largest absolute Gasteiger partial charge is 1.00 e. The van der Waals surface area contributed by atoms with Gasteiger partial charge in [0.2, 0.25) is 0 Å². The van der Waals surface area contributed by atoms with Crippen molar-refractivity contribution in [3.63, 3.8) is 0 Å². The number of ether oxygens (including phenoxy) is 2. The van der Waals surface area contributed by atoms with Gasteiger partial charge in [-0.1, -0.05) is 174 Å². The van der Waals surface area contributed by atoms with Gasteiger partial charge in [-0.25, -0.2) is 0 Å². The molecule has 0 fully saturated rings. The maximum atomic E-state index is 6.29. The van der Waals surface area contributed by atoms with Crippen molar-refractivity contribution >= 4 is 31.6 Å². The van der Waals surface area contributed by atoms with Crippen LogP contribution in [0.5, 0.6) is 0 Å². The molecule has 0 saturated carbocycles. The Kier molecular flexibility index (Phi) is 46.6. The molecule has 75 heavy (non-hydrogen) atoms. The molecule has 0 heterocycles. The second-order valence-corrected chi connectivity index (χ2v) is 31.7. The highest BCUT2D eigenvalue weighted by Gasteiger charge is 2.36. The van der Waals surface area contributed by atoms with E-state index in [1.54, 1.807) is 49.3 Å². The van der Waals surface area contributed by atoms with Crippen molar-refractivity contribution in [3.05, 3.63) is 90.0 Å². The van der Waals surface area contributed by atoms with Gasteiger partial charge in [-0.2, -0.15) is 0 Å². The van der Waals surface area contributed by atoms with Crippen molar-refractivity contribution in [1.29, 1.82) is 0 Å². The van der Waals surface area contributed by atoms with Gasteiger partial charge in [0.15, 0.2) is 0 Å². The maximum absolute atomic E-state index is 6.29. The van der Waals surface area contributed by atoms with E-state index in [0.29, 0.717) is 13.2 Å². The van der Waals surface area contributed by atoms with Crippen molar-refractivity contribution in [2.24, 2.45) is 0 Å². The van der Waals surface area contributed by atoms with Crippen molar-refractivity contribution in [1.82, 2.24) is 0 Å². The van der Waals surface area contributed by atoms with Crippen molar-refractivity contribution in [3.8, 4) is 0 Å². The molecule has 0 aromatic heterocycles. The second-order valence-electron chi connectivity index (χ2n) is 22.8. The number of hydrogen-bond acceptors (Lipinski definition) is 3. The first-order valence-electron chi connectivity index (χ1n) is 31.9. The predicted molar refractivity (Wildman–Crippen MR) is 335 cm³/mol. The summed E-state index contributed by atoms with van der Waals surface area (Å²) >= 11 is 0. The molecule has 0 spiro atoms. The van der Waals surface area contributed by atoms with Crippen LogP contribution in [0.2, 0.25) is 0 Å². The number of unbranched alkanes of at least 4 members (excludes halogenated alkanes) is 24. The van der Waals surface area contributed by atoms with E-state index in [1.807, 2.05) is 0 Å². The Hall–Kier alpha value is -1.18. The molecule has 432 valence electrons. The van der Waals surface area contributed by atoms with Gasteiger partial charge in [-0.3, -0.25) is 0 Å². The number of rotatable bonds is 51. The lowest BCUT2D eigenvalue weighted by Gasteiger charge is -2.28. The second kappa shape index (κ2) is 48.7. The summed E-state index contributed by atoms with van der Waals surface area (Å²) in [6.07, 6.45) is 57.5. The summed E-state index contributed by atoms with van der Waals surface area (Å²) in [5.74, 6) is 0. The van der Waals surface area contributed by atoms with Crippen LogP contribution in [0.15, 0.2) is 78.9 Å². The Balaban J connectivity index is 0.0000141. The summed E-state index contributed by atoms with van der Waals surface area (Å²) in [5.41, 5.74) is 6.00. The lowest BCUT2D eigenvalue weighted by atomic mass is 10.1. The average molecular weight is 1120 g/mol. The number of para-hydroxylation sites is 1. The van der Waals surface area contributed by atoms with Crippen LogP contribution in [0, 0.1) is 0 Å². The first kappa shape index (κ1) is 71.8. The van der Waals surface area contributed by atoms with Gasteiger partial charge in [-0.05, 0) is 163 Å². The molecule has 0 unspecified atom stereocenters. The lowest BCUT2D eigenvalue weighted by Crippen LogP contribution is -3.00. The molecule has 0 aliphatic carbocycles. The van der Waals surface area contributed by atoms with Crippen LogP contribution in [0.25, 0.3) is 0 Å². The van der Waals surface area contributed by atoms with Crippen LogP contribution >= 0.6 is 14.5 Å². The third-order valence-electron chi connectivity index (χ3n) is 16.2.